The van der Waals surface area contributed by atoms with Crippen LogP contribution in [0.4, 0.5) is 0 Å². The normalized spacial score (nSPS) is 11.8. The second kappa shape index (κ2) is 7.69. The molecule has 0 saturated heterocycles. The van der Waals surface area contributed by atoms with Crippen molar-refractivity contribution in [3.8, 4) is 0 Å². The predicted octanol–water partition coefficient (Wildman–Crippen LogP) is 1.82. The van der Waals surface area contributed by atoms with Gasteiger partial charge in [0.25, 0.3) is 5.97 Å². The van der Waals surface area contributed by atoms with E-state index in [1.165, 1.54) is 27.4 Å². The Kier molecular flexibility index (Phi) is 6.24. The molecule has 1 aromatic carbocycles. The van der Waals surface area contributed by atoms with Crippen LogP contribution in [0.2, 0.25) is 0 Å². The second-order valence-corrected chi connectivity index (χ2v) is 4.00. The zero-order chi connectivity index (χ0) is 15.0. The average molecular weight is 278 g/mol. The highest BCUT2D eigenvalue weighted by atomic mass is 16.9. The summed E-state index contributed by atoms with van der Waals surface area (Å²) >= 11 is 0. The Morgan fingerprint density at radius 3 is 2.10 bits per heavy atom. The molecule has 20 heavy (non-hydrogen) atoms. The highest BCUT2D eigenvalue weighted by Gasteiger charge is 2.34. The summed E-state index contributed by atoms with van der Waals surface area (Å²) in [6.07, 6.45) is 2.49. The van der Waals surface area contributed by atoms with E-state index in [4.69, 9.17) is 14.2 Å². The number of hydrogen-bond acceptors (Lipinski definition) is 5. The minimum atomic E-state index is -1.52. The van der Waals surface area contributed by atoms with E-state index in [1.54, 1.807) is 6.08 Å². The van der Waals surface area contributed by atoms with Crippen molar-refractivity contribution in [1.29, 1.82) is 0 Å². The lowest BCUT2D eigenvalue weighted by Gasteiger charge is -2.27. The second-order valence-electron chi connectivity index (χ2n) is 4.00. The average Bonchev–Trinajstić information content (AvgIpc) is 2.51. The van der Waals surface area contributed by atoms with Gasteiger partial charge < -0.3 is 14.2 Å². The van der Waals surface area contributed by atoms with Crippen LogP contribution < -0.4 is 0 Å². The molecule has 5 nitrogen and oxygen atoms in total. The highest BCUT2D eigenvalue weighted by molar-refractivity contribution is 6.42. The first-order valence-corrected chi connectivity index (χ1v) is 6.02. The van der Waals surface area contributed by atoms with E-state index in [2.05, 4.69) is 0 Å². The number of Topliss-reactive ketones (excluding diaryl/α,β-unsaturated/α-hetero) is 1. The first kappa shape index (κ1) is 16.2. The monoisotopic (exact) mass is 278 g/mol. The molecule has 0 amide bonds. The molecule has 0 aromatic heterocycles. The number of carbonyl (C=O) groups is 2. The molecule has 0 atom stereocenters. The van der Waals surface area contributed by atoms with Gasteiger partial charge >= 0.3 is 0 Å². The fourth-order valence-electron chi connectivity index (χ4n) is 1.58. The van der Waals surface area contributed by atoms with E-state index in [0.29, 0.717) is 0 Å². The Morgan fingerprint density at radius 2 is 1.60 bits per heavy atom. The molecule has 0 N–H and O–H groups in total. The van der Waals surface area contributed by atoms with E-state index < -0.39 is 17.5 Å². The van der Waals surface area contributed by atoms with Crippen molar-refractivity contribution in [2.24, 2.45) is 0 Å². The highest BCUT2D eigenvalue weighted by Crippen LogP contribution is 2.17. The third kappa shape index (κ3) is 4.38. The number of methoxy groups -OCH3 is 3. The van der Waals surface area contributed by atoms with Crippen LogP contribution in [0.1, 0.15) is 12.0 Å². The van der Waals surface area contributed by atoms with Gasteiger partial charge in [0, 0.05) is 21.3 Å². The summed E-state index contributed by atoms with van der Waals surface area (Å²) in [6.45, 7) is 0. The SMILES string of the molecule is COC(CC(=O)C(=O)C=Cc1ccccc1)(OC)OC. The molecule has 108 valence electrons. The summed E-state index contributed by atoms with van der Waals surface area (Å²) in [7, 11) is 4.01. The van der Waals surface area contributed by atoms with Crippen molar-refractivity contribution in [3.63, 3.8) is 0 Å². The van der Waals surface area contributed by atoms with Crippen molar-refractivity contribution >= 4 is 17.6 Å². The number of hydrogen-bond donors (Lipinski definition) is 0. The summed E-state index contributed by atoms with van der Waals surface area (Å²) in [6, 6.07) is 9.22. The fourth-order valence-corrected chi connectivity index (χ4v) is 1.58. The van der Waals surface area contributed by atoms with Crippen LogP contribution in [0, 0.1) is 0 Å². The van der Waals surface area contributed by atoms with Crippen LogP contribution in [0.3, 0.4) is 0 Å². The van der Waals surface area contributed by atoms with Gasteiger partial charge in [0.05, 0.1) is 6.42 Å². The van der Waals surface area contributed by atoms with E-state index in [1.807, 2.05) is 30.3 Å². The fraction of sp³-hybridized carbons (Fsp3) is 0.333. The number of carbonyl (C=O) groups excluding carboxylic acids is 2. The quantitative estimate of drug-likeness (QED) is 0.412. The molecule has 0 aliphatic heterocycles. The molecule has 0 bridgehead atoms. The minimum Gasteiger partial charge on any atom is -0.330 e. The van der Waals surface area contributed by atoms with Gasteiger partial charge in [-0.15, -0.1) is 0 Å². The molecule has 5 heteroatoms. The van der Waals surface area contributed by atoms with Gasteiger partial charge in [0.2, 0.25) is 11.6 Å². The number of ether oxygens (including phenoxy) is 3. The van der Waals surface area contributed by atoms with Crippen LogP contribution in [-0.4, -0.2) is 38.9 Å². The maximum Gasteiger partial charge on any atom is 0.289 e. The summed E-state index contributed by atoms with van der Waals surface area (Å²) in [5.41, 5.74) is 0.838. The van der Waals surface area contributed by atoms with Crippen molar-refractivity contribution in [3.05, 3.63) is 42.0 Å². The molecule has 1 aromatic rings. The third-order valence-corrected chi connectivity index (χ3v) is 2.81. The van der Waals surface area contributed by atoms with E-state index in [9.17, 15) is 9.59 Å². The van der Waals surface area contributed by atoms with Crippen LogP contribution >= 0.6 is 0 Å². The van der Waals surface area contributed by atoms with Crippen molar-refractivity contribution in [1.82, 2.24) is 0 Å². The lowest BCUT2D eigenvalue weighted by Crippen LogP contribution is -2.39. The molecule has 1 rings (SSSR count). The summed E-state index contributed by atoms with van der Waals surface area (Å²) < 4.78 is 14.9. The van der Waals surface area contributed by atoms with Crippen molar-refractivity contribution in [2.45, 2.75) is 12.4 Å². The van der Waals surface area contributed by atoms with Gasteiger partial charge in [-0.2, -0.15) is 0 Å². The molecule has 0 aliphatic carbocycles. The molecular weight excluding hydrogens is 260 g/mol. The summed E-state index contributed by atoms with van der Waals surface area (Å²) in [5.74, 6) is -2.81. The van der Waals surface area contributed by atoms with Gasteiger partial charge in [-0.25, -0.2) is 0 Å². The number of benzene rings is 1. The molecule has 0 fully saturated rings. The van der Waals surface area contributed by atoms with Crippen molar-refractivity contribution in [2.75, 3.05) is 21.3 Å². The Hall–Kier alpha value is -1.82. The van der Waals surface area contributed by atoms with Gasteiger partial charge in [0.1, 0.15) is 0 Å². The van der Waals surface area contributed by atoms with Gasteiger partial charge in [-0.3, -0.25) is 9.59 Å². The minimum absolute atomic E-state index is 0.311. The van der Waals surface area contributed by atoms with Crippen molar-refractivity contribution < 1.29 is 23.8 Å². The lowest BCUT2D eigenvalue weighted by molar-refractivity contribution is -0.349. The standard InChI is InChI=1S/C15H18O5/c1-18-15(19-2,20-3)11-14(17)13(16)10-9-12-7-5-4-6-8-12/h4-10H,11H2,1-3H3. The Morgan fingerprint density at radius 1 is 1.05 bits per heavy atom. The number of allylic oxidation sites excluding steroid dienone is 1. The van der Waals surface area contributed by atoms with Crippen LogP contribution in [-0.2, 0) is 23.8 Å². The Labute approximate surface area is 118 Å². The van der Waals surface area contributed by atoms with Crippen LogP contribution in [0.5, 0.6) is 0 Å². The predicted molar refractivity (Wildman–Crippen MR) is 73.9 cm³/mol. The molecular formula is C15H18O5. The van der Waals surface area contributed by atoms with E-state index >= 15 is 0 Å². The molecule has 0 saturated carbocycles. The molecule has 0 aliphatic rings. The molecule has 0 heterocycles. The maximum absolute atomic E-state index is 11.8. The molecule has 0 unspecified atom stereocenters. The van der Waals surface area contributed by atoms with Crippen LogP contribution in [0.25, 0.3) is 6.08 Å². The zero-order valence-corrected chi connectivity index (χ0v) is 11.8. The number of ketones is 2. The zero-order valence-electron chi connectivity index (χ0n) is 11.8. The molecule has 0 spiro atoms. The largest absolute Gasteiger partial charge is 0.330 e. The summed E-state index contributed by atoms with van der Waals surface area (Å²) in [4.78, 5) is 23.6. The third-order valence-electron chi connectivity index (χ3n) is 2.81. The first-order valence-electron chi connectivity index (χ1n) is 6.02. The van der Waals surface area contributed by atoms with Crippen LogP contribution in [0.15, 0.2) is 36.4 Å². The first-order chi connectivity index (χ1) is 9.56. The van der Waals surface area contributed by atoms with E-state index in [0.717, 1.165) is 5.56 Å². The topological polar surface area (TPSA) is 61.8 Å². The van der Waals surface area contributed by atoms with Gasteiger partial charge in [-0.05, 0) is 11.6 Å². The smallest absolute Gasteiger partial charge is 0.289 e. The van der Waals surface area contributed by atoms with Gasteiger partial charge in [-0.1, -0.05) is 36.4 Å². The van der Waals surface area contributed by atoms with Gasteiger partial charge in [0.15, 0.2) is 0 Å². The lowest BCUT2D eigenvalue weighted by atomic mass is 10.1. The Bertz CT molecular complexity index is 466. The summed E-state index contributed by atoms with van der Waals surface area (Å²) in [5, 5.41) is 0. The van der Waals surface area contributed by atoms with E-state index in [-0.39, 0.29) is 6.42 Å². The number of rotatable bonds is 8. The molecule has 0 radical (unpaired) electrons. The Balaban J connectivity index is 2.68. The maximum atomic E-state index is 11.8.